The van der Waals surface area contributed by atoms with E-state index in [1.54, 1.807) is 0 Å². The summed E-state index contributed by atoms with van der Waals surface area (Å²) in [5.41, 5.74) is 2.39. The van der Waals surface area contributed by atoms with E-state index in [4.69, 9.17) is 0 Å². The zero-order chi connectivity index (χ0) is 10.7. The van der Waals surface area contributed by atoms with E-state index in [-0.39, 0.29) is 0 Å². The van der Waals surface area contributed by atoms with Crippen molar-refractivity contribution in [2.75, 3.05) is 0 Å². The van der Waals surface area contributed by atoms with Gasteiger partial charge in [0.25, 0.3) is 0 Å². The van der Waals surface area contributed by atoms with Crippen molar-refractivity contribution in [2.24, 2.45) is 10.8 Å². The van der Waals surface area contributed by atoms with Crippen LogP contribution in [0.3, 0.4) is 0 Å². The molecule has 0 bridgehead atoms. The van der Waals surface area contributed by atoms with Gasteiger partial charge in [-0.25, -0.2) is 0 Å². The first-order chi connectivity index (χ1) is 5.66. The molecule has 0 saturated heterocycles. The van der Waals surface area contributed by atoms with Gasteiger partial charge in [0, 0.05) is 0 Å². The average molecular weight is 182 g/mol. The third kappa shape index (κ3) is 6.86. The van der Waals surface area contributed by atoms with Crippen LogP contribution in [-0.2, 0) is 0 Å². The van der Waals surface area contributed by atoms with Crippen LogP contribution in [0.25, 0.3) is 0 Å². The number of hydrogen-bond donors (Lipinski definition) is 0. The molecule has 0 amide bonds. The Bertz CT molecular complexity index is 177. The second kappa shape index (κ2) is 4.30. The van der Waals surface area contributed by atoms with Gasteiger partial charge < -0.3 is 0 Å². The van der Waals surface area contributed by atoms with Crippen LogP contribution in [0.1, 0.15) is 61.3 Å². The summed E-state index contributed by atoms with van der Waals surface area (Å²) in [5.74, 6) is 0. The summed E-state index contributed by atoms with van der Waals surface area (Å²) in [4.78, 5) is 0. The Morgan fingerprint density at radius 1 is 1.08 bits per heavy atom. The molecule has 0 spiro atoms. The van der Waals surface area contributed by atoms with Gasteiger partial charge in [0.1, 0.15) is 0 Å². The summed E-state index contributed by atoms with van der Waals surface area (Å²) < 4.78 is 0. The van der Waals surface area contributed by atoms with Gasteiger partial charge in [0.15, 0.2) is 0 Å². The quantitative estimate of drug-likeness (QED) is 0.550. The molecule has 13 heavy (non-hydrogen) atoms. The topological polar surface area (TPSA) is 0 Å². The van der Waals surface area contributed by atoms with Crippen LogP contribution in [0.2, 0.25) is 0 Å². The molecule has 0 aromatic carbocycles. The summed E-state index contributed by atoms with van der Waals surface area (Å²) in [5, 5.41) is 0. The van der Waals surface area contributed by atoms with E-state index in [2.05, 4.69) is 54.5 Å². The lowest BCUT2D eigenvalue weighted by Gasteiger charge is -2.32. The summed E-state index contributed by atoms with van der Waals surface area (Å²) in [7, 11) is 0. The van der Waals surface area contributed by atoms with Crippen LogP contribution >= 0.6 is 0 Å². The normalized spacial score (nSPS) is 14.8. The van der Waals surface area contributed by atoms with Crippen molar-refractivity contribution >= 4 is 0 Å². The molecule has 0 heteroatoms. The van der Waals surface area contributed by atoms with Crippen molar-refractivity contribution < 1.29 is 0 Å². The van der Waals surface area contributed by atoms with E-state index in [1.807, 2.05) is 0 Å². The van der Waals surface area contributed by atoms with Crippen LogP contribution in [0, 0.1) is 10.8 Å². The summed E-state index contributed by atoms with van der Waals surface area (Å²) in [6, 6.07) is 0. The molecular weight excluding hydrogens is 156 g/mol. The molecule has 0 saturated carbocycles. The van der Waals surface area contributed by atoms with E-state index in [1.165, 1.54) is 18.4 Å². The Balaban J connectivity index is 4.25. The van der Waals surface area contributed by atoms with Gasteiger partial charge in [0.2, 0.25) is 0 Å². The van der Waals surface area contributed by atoms with Gasteiger partial charge in [-0.3, -0.25) is 0 Å². The van der Waals surface area contributed by atoms with Crippen molar-refractivity contribution in [1.82, 2.24) is 0 Å². The van der Waals surface area contributed by atoms with E-state index in [9.17, 15) is 0 Å². The second-order valence-electron chi connectivity index (χ2n) is 6.21. The van der Waals surface area contributed by atoms with Gasteiger partial charge in [-0.2, -0.15) is 0 Å². The van der Waals surface area contributed by atoms with Crippen LogP contribution in [0.4, 0.5) is 0 Å². The van der Waals surface area contributed by atoms with E-state index < -0.39 is 0 Å². The monoisotopic (exact) mass is 182 g/mol. The van der Waals surface area contributed by atoms with Gasteiger partial charge in [-0.1, -0.05) is 46.3 Å². The smallest absolute Gasteiger partial charge is 0.0271 e. The maximum atomic E-state index is 2.37. The first kappa shape index (κ1) is 12.7. The molecule has 0 rings (SSSR count). The molecule has 0 aromatic rings. The molecule has 0 unspecified atom stereocenters. The lowest BCUT2D eigenvalue weighted by atomic mass is 9.73. The summed E-state index contributed by atoms with van der Waals surface area (Å²) in [6.07, 6.45) is 4.73. The standard InChI is InChI=1S/C13H26/c1-8-11(2)9-13(6,7)10-12(3,4)5/h8H,9-10H2,1-7H3/b11-8-. The minimum absolute atomic E-state index is 0.439. The molecule has 0 aliphatic heterocycles. The highest BCUT2D eigenvalue weighted by atomic mass is 14.3. The molecule has 0 fully saturated rings. The van der Waals surface area contributed by atoms with Crippen LogP contribution in [0.15, 0.2) is 11.6 Å². The Morgan fingerprint density at radius 3 is 1.85 bits per heavy atom. The number of hydrogen-bond acceptors (Lipinski definition) is 0. The largest absolute Gasteiger partial charge is 0.0887 e. The second-order valence-corrected chi connectivity index (χ2v) is 6.21. The van der Waals surface area contributed by atoms with Crippen molar-refractivity contribution in [1.29, 1.82) is 0 Å². The van der Waals surface area contributed by atoms with Crippen molar-refractivity contribution in [3.63, 3.8) is 0 Å². The fraction of sp³-hybridized carbons (Fsp3) is 0.846. The fourth-order valence-electron chi connectivity index (χ4n) is 2.36. The van der Waals surface area contributed by atoms with Gasteiger partial charge in [-0.05, 0) is 37.5 Å². The van der Waals surface area contributed by atoms with Crippen molar-refractivity contribution in [3.8, 4) is 0 Å². The van der Waals surface area contributed by atoms with Crippen LogP contribution in [0.5, 0.6) is 0 Å². The third-order valence-corrected chi connectivity index (χ3v) is 2.26. The average Bonchev–Trinajstić information content (AvgIpc) is 1.80. The van der Waals surface area contributed by atoms with E-state index >= 15 is 0 Å². The Labute approximate surface area is 84.4 Å². The Kier molecular flexibility index (Phi) is 4.22. The summed E-state index contributed by atoms with van der Waals surface area (Å²) in [6.45, 7) is 16.0. The summed E-state index contributed by atoms with van der Waals surface area (Å²) >= 11 is 0. The highest BCUT2D eigenvalue weighted by molar-refractivity contribution is 5.00. The molecule has 0 aliphatic carbocycles. The maximum absolute atomic E-state index is 2.37. The molecule has 78 valence electrons. The molecule has 0 aliphatic rings. The molecular formula is C13H26. The molecule has 0 radical (unpaired) electrons. The highest BCUT2D eigenvalue weighted by Gasteiger charge is 2.25. The predicted octanol–water partition coefficient (Wildman–Crippen LogP) is 4.81. The lowest BCUT2D eigenvalue weighted by molar-refractivity contribution is 0.211. The SMILES string of the molecule is C/C=C(/C)CC(C)(C)CC(C)(C)C. The van der Waals surface area contributed by atoms with Gasteiger partial charge in [0.05, 0.1) is 0 Å². The van der Waals surface area contributed by atoms with E-state index in [0.717, 1.165) is 0 Å². The zero-order valence-electron chi connectivity index (χ0n) is 10.5. The van der Waals surface area contributed by atoms with E-state index in [0.29, 0.717) is 10.8 Å². The van der Waals surface area contributed by atoms with Crippen molar-refractivity contribution in [2.45, 2.75) is 61.3 Å². The molecule has 0 nitrogen and oxygen atoms in total. The van der Waals surface area contributed by atoms with Crippen LogP contribution in [-0.4, -0.2) is 0 Å². The first-order valence-corrected chi connectivity index (χ1v) is 5.28. The van der Waals surface area contributed by atoms with Crippen LogP contribution < -0.4 is 0 Å². The Morgan fingerprint density at radius 2 is 1.54 bits per heavy atom. The molecule has 0 heterocycles. The number of rotatable bonds is 3. The predicted molar refractivity (Wildman–Crippen MR) is 61.9 cm³/mol. The third-order valence-electron chi connectivity index (χ3n) is 2.26. The maximum Gasteiger partial charge on any atom is -0.0271 e. The fourth-order valence-corrected chi connectivity index (χ4v) is 2.36. The van der Waals surface area contributed by atoms with Crippen molar-refractivity contribution in [3.05, 3.63) is 11.6 Å². The lowest BCUT2D eigenvalue weighted by Crippen LogP contribution is -2.20. The molecule has 0 atom stereocenters. The van der Waals surface area contributed by atoms with Gasteiger partial charge in [-0.15, -0.1) is 0 Å². The van der Waals surface area contributed by atoms with Gasteiger partial charge >= 0.3 is 0 Å². The molecule has 0 N–H and O–H groups in total. The molecule has 0 aromatic heterocycles. The minimum atomic E-state index is 0.439. The highest BCUT2D eigenvalue weighted by Crippen LogP contribution is 2.37. The minimum Gasteiger partial charge on any atom is -0.0887 e. The first-order valence-electron chi connectivity index (χ1n) is 5.28. The Hall–Kier alpha value is -0.260. The zero-order valence-corrected chi connectivity index (χ0v) is 10.5. The number of allylic oxidation sites excluding steroid dienone is 2.